The highest BCUT2D eigenvalue weighted by molar-refractivity contribution is 9.10. The van der Waals surface area contributed by atoms with Crippen molar-refractivity contribution in [3.8, 4) is 0 Å². The number of hydrogen-bond acceptors (Lipinski definition) is 0. The van der Waals surface area contributed by atoms with E-state index in [4.69, 9.17) is 0 Å². The molecule has 0 amide bonds. The predicted octanol–water partition coefficient (Wildman–Crippen LogP) is 4.43. The molecule has 1 unspecified atom stereocenters. The van der Waals surface area contributed by atoms with Crippen molar-refractivity contribution < 1.29 is 0 Å². The number of halogens is 1. The van der Waals surface area contributed by atoms with Crippen molar-refractivity contribution in [2.24, 2.45) is 5.92 Å². The quantitative estimate of drug-likeness (QED) is 0.731. The second kappa shape index (κ2) is 5.43. The van der Waals surface area contributed by atoms with E-state index in [-0.39, 0.29) is 0 Å². The molecule has 1 aromatic carbocycles. The normalized spacial score (nSPS) is 12.8. The second-order valence-corrected chi connectivity index (χ2v) is 4.64. The molecule has 0 saturated carbocycles. The molecule has 0 nitrogen and oxygen atoms in total. The Morgan fingerprint density at radius 1 is 1.23 bits per heavy atom. The largest absolute Gasteiger partial charge is 0.0654 e. The zero-order chi connectivity index (χ0) is 9.68. The van der Waals surface area contributed by atoms with Crippen LogP contribution >= 0.6 is 15.9 Å². The molecule has 0 aromatic heterocycles. The highest BCUT2D eigenvalue weighted by atomic mass is 79.9. The van der Waals surface area contributed by atoms with Crippen LogP contribution in [0.4, 0.5) is 0 Å². The number of benzene rings is 1. The summed E-state index contributed by atoms with van der Waals surface area (Å²) in [6.07, 6.45) is 3.83. The summed E-state index contributed by atoms with van der Waals surface area (Å²) in [6, 6.07) is 8.65. The van der Waals surface area contributed by atoms with Crippen LogP contribution in [-0.4, -0.2) is 0 Å². The summed E-state index contributed by atoms with van der Waals surface area (Å²) in [5, 5.41) is 0. The maximum Gasteiger partial charge on any atom is 0.0175 e. The van der Waals surface area contributed by atoms with Crippen LogP contribution in [-0.2, 0) is 6.42 Å². The van der Waals surface area contributed by atoms with Crippen molar-refractivity contribution >= 4 is 15.9 Å². The smallest absolute Gasteiger partial charge is 0.0175 e. The molecule has 1 heteroatoms. The van der Waals surface area contributed by atoms with Crippen molar-refractivity contribution in [3.05, 3.63) is 34.3 Å². The highest BCUT2D eigenvalue weighted by Gasteiger charge is 2.01. The minimum atomic E-state index is 0.811. The lowest BCUT2D eigenvalue weighted by Crippen LogP contribution is -1.98. The van der Waals surface area contributed by atoms with E-state index in [0.29, 0.717) is 0 Å². The SMILES string of the molecule is CCCC(C)Cc1ccc(Br)cc1. The molecule has 13 heavy (non-hydrogen) atoms. The molecule has 0 fully saturated rings. The van der Waals surface area contributed by atoms with Crippen LogP contribution in [0.5, 0.6) is 0 Å². The fraction of sp³-hybridized carbons (Fsp3) is 0.500. The van der Waals surface area contributed by atoms with Gasteiger partial charge in [-0.2, -0.15) is 0 Å². The van der Waals surface area contributed by atoms with Crippen LogP contribution < -0.4 is 0 Å². The molecule has 72 valence electrons. The average Bonchev–Trinajstić information content (AvgIpc) is 2.09. The monoisotopic (exact) mass is 240 g/mol. The van der Waals surface area contributed by atoms with E-state index >= 15 is 0 Å². The van der Waals surface area contributed by atoms with Crippen LogP contribution in [0, 0.1) is 5.92 Å². The van der Waals surface area contributed by atoms with Crippen LogP contribution in [0.15, 0.2) is 28.7 Å². The molecule has 0 N–H and O–H groups in total. The lowest BCUT2D eigenvalue weighted by atomic mass is 9.97. The summed E-state index contributed by atoms with van der Waals surface area (Å²) < 4.78 is 1.17. The molecule has 0 aliphatic heterocycles. The molecule has 1 aromatic rings. The molecule has 0 radical (unpaired) electrons. The van der Waals surface area contributed by atoms with Crippen molar-refractivity contribution in [2.45, 2.75) is 33.1 Å². The first kappa shape index (κ1) is 10.8. The molecule has 1 rings (SSSR count). The molecule has 0 heterocycles. The molecule has 0 bridgehead atoms. The zero-order valence-electron chi connectivity index (χ0n) is 8.39. The summed E-state index contributed by atoms with van der Waals surface area (Å²) in [4.78, 5) is 0. The van der Waals surface area contributed by atoms with E-state index in [1.807, 2.05) is 0 Å². The van der Waals surface area contributed by atoms with Gasteiger partial charge in [0.05, 0.1) is 0 Å². The van der Waals surface area contributed by atoms with Gasteiger partial charge in [-0.05, 0) is 30.0 Å². The molecule has 0 aliphatic rings. The van der Waals surface area contributed by atoms with Crippen LogP contribution in [0.1, 0.15) is 32.3 Å². The molecule has 0 saturated heterocycles. The van der Waals surface area contributed by atoms with E-state index in [2.05, 4.69) is 54.0 Å². The summed E-state index contributed by atoms with van der Waals surface area (Å²) >= 11 is 3.44. The summed E-state index contributed by atoms with van der Waals surface area (Å²) in [5.41, 5.74) is 1.45. The van der Waals surface area contributed by atoms with Crippen molar-refractivity contribution in [1.29, 1.82) is 0 Å². The highest BCUT2D eigenvalue weighted by Crippen LogP contribution is 2.16. The average molecular weight is 241 g/mol. The van der Waals surface area contributed by atoms with Crippen molar-refractivity contribution in [1.82, 2.24) is 0 Å². The molecule has 1 atom stereocenters. The van der Waals surface area contributed by atoms with E-state index in [9.17, 15) is 0 Å². The number of hydrogen-bond donors (Lipinski definition) is 0. The maximum atomic E-state index is 3.44. The lowest BCUT2D eigenvalue weighted by molar-refractivity contribution is 0.522. The maximum absolute atomic E-state index is 3.44. The van der Waals surface area contributed by atoms with Gasteiger partial charge in [-0.15, -0.1) is 0 Å². The van der Waals surface area contributed by atoms with E-state index in [0.717, 1.165) is 5.92 Å². The minimum Gasteiger partial charge on any atom is -0.0654 e. The van der Waals surface area contributed by atoms with Gasteiger partial charge in [0.2, 0.25) is 0 Å². The molecular weight excluding hydrogens is 224 g/mol. The Balaban J connectivity index is 2.49. The molecule has 0 aliphatic carbocycles. The lowest BCUT2D eigenvalue weighted by Gasteiger charge is -2.09. The van der Waals surface area contributed by atoms with Gasteiger partial charge in [0.15, 0.2) is 0 Å². The Morgan fingerprint density at radius 3 is 2.38 bits per heavy atom. The Kier molecular flexibility index (Phi) is 4.51. The van der Waals surface area contributed by atoms with Gasteiger partial charge in [0, 0.05) is 4.47 Å². The van der Waals surface area contributed by atoms with Gasteiger partial charge >= 0.3 is 0 Å². The third-order valence-electron chi connectivity index (χ3n) is 2.28. The van der Waals surface area contributed by atoms with Gasteiger partial charge < -0.3 is 0 Å². The van der Waals surface area contributed by atoms with Gasteiger partial charge in [0.25, 0.3) is 0 Å². The first-order chi connectivity index (χ1) is 6.22. The van der Waals surface area contributed by atoms with E-state index in [1.165, 1.54) is 29.3 Å². The fourth-order valence-corrected chi connectivity index (χ4v) is 1.88. The summed E-state index contributed by atoms with van der Waals surface area (Å²) in [5.74, 6) is 0.811. The Labute approximate surface area is 89.5 Å². The van der Waals surface area contributed by atoms with Crippen LogP contribution in [0.25, 0.3) is 0 Å². The zero-order valence-corrected chi connectivity index (χ0v) is 9.97. The van der Waals surface area contributed by atoms with E-state index in [1.54, 1.807) is 0 Å². The first-order valence-electron chi connectivity index (χ1n) is 4.96. The Hall–Kier alpha value is -0.300. The summed E-state index contributed by atoms with van der Waals surface area (Å²) in [7, 11) is 0. The van der Waals surface area contributed by atoms with E-state index < -0.39 is 0 Å². The van der Waals surface area contributed by atoms with Gasteiger partial charge in [-0.3, -0.25) is 0 Å². The van der Waals surface area contributed by atoms with Crippen LogP contribution in [0.3, 0.4) is 0 Å². The third-order valence-corrected chi connectivity index (χ3v) is 2.81. The Morgan fingerprint density at radius 2 is 1.85 bits per heavy atom. The second-order valence-electron chi connectivity index (χ2n) is 3.72. The van der Waals surface area contributed by atoms with Crippen LogP contribution in [0.2, 0.25) is 0 Å². The van der Waals surface area contributed by atoms with Crippen molar-refractivity contribution in [3.63, 3.8) is 0 Å². The minimum absolute atomic E-state index is 0.811. The third kappa shape index (κ3) is 3.95. The topological polar surface area (TPSA) is 0 Å². The summed E-state index contributed by atoms with van der Waals surface area (Å²) in [6.45, 7) is 4.57. The van der Waals surface area contributed by atoms with Gasteiger partial charge in [-0.1, -0.05) is 54.8 Å². The van der Waals surface area contributed by atoms with Gasteiger partial charge in [0.1, 0.15) is 0 Å². The van der Waals surface area contributed by atoms with Gasteiger partial charge in [-0.25, -0.2) is 0 Å². The molecule has 0 spiro atoms. The molecular formula is C12H17Br. The van der Waals surface area contributed by atoms with Crippen molar-refractivity contribution in [2.75, 3.05) is 0 Å². The predicted molar refractivity (Wildman–Crippen MR) is 61.9 cm³/mol. The number of rotatable bonds is 4. The standard InChI is InChI=1S/C12H17Br/c1-3-4-10(2)9-11-5-7-12(13)8-6-11/h5-8,10H,3-4,9H2,1-2H3. The fourth-order valence-electron chi connectivity index (χ4n) is 1.62. The first-order valence-corrected chi connectivity index (χ1v) is 5.76. The Bertz CT molecular complexity index is 238.